The summed E-state index contributed by atoms with van der Waals surface area (Å²) < 4.78 is 1.82. The number of carbonyl (C=O) groups is 1. The molecule has 0 aromatic carbocycles. The Labute approximate surface area is 153 Å². The van der Waals surface area contributed by atoms with Crippen molar-refractivity contribution in [3.8, 4) is 0 Å². The molecule has 2 fully saturated rings. The molecule has 1 aliphatic carbocycles. The van der Waals surface area contributed by atoms with Crippen LogP contribution in [0.2, 0.25) is 0 Å². The lowest BCUT2D eigenvalue weighted by atomic mass is 9.91. The molecule has 1 saturated heterocycles. The number of piperazine rings is 1. The van der Waals surface area contributed by atoms with Crippen molar-refractivity contribution in [2.75, 3.05) is 39.3 Å². The number of nitrogens with zero attached hydrogens (tertiary/aromatic N) is 6. The molecule has 3 aliphatic rings. The SMILES string of the molecule is O=C(CN1CCc2nc3ccnn3cc2C1)N1CCN(C2CCC2)CC1. The number of hydrogen-bond donors (Lipinski definition) is 0. The van der Waals surface area contributed by atoms with Crippen LogP contribution in [0.1, 0.15) is 30.5 Å². The van der Waals surface area contributed by atoms with Gasteiger partial charge >= 0.3 is 0 Å². The summed E-state index contributed by atoms with van der Waals surface area (Å²) in [6.45, 7) is 6.05. The van der Waals surface area contributed by atoms with Crippen LogP contribution in [0, 0.1) is 0 Å². The highest BCUT2D eigenvalue weighted by atomic mass is 16.2. The van der Waals surface area contributed by atoms with E-state index in [1.54, 1.807) is 6.20 Å². The molecule has 0 unspecified atom stereocenters. The van der Waals surface area contributed by atoms with Gasteiger partial charge in [-0.15, -0.1) is 0 Å². The summed E-state index contributed by atoms with van der Waals surface area (Å²) in [6.07, 6.45) is 8.81. The van der Waals surface area contributed by atoms with E-state index >= 15 is 0 Å². The van der Waals surface area contributed by atoms with E-state index in [9.17, 15) is 4.79 Å². The van der Waals surface area contributed by atoms with E-state index in [1.807, 2.05) is 10.6 Å². The largest absolute Gasteiger partial charge is 0.339 e. The number of aromatic nitrogens is 3. The molecule has 0 spiro atoms. The molecule has 2 aromatic heterocycles. The molecule has 4 heterocycles. The lowest BCUT2D eigenvalue weighted by Crippen LogP contribution is -2.55. The number of hydrogen-bond acceptors (Lipinski definition) is 5. The number of carbonyl (C=O) groups excluding carboxylic acids is 1. The van der Waals surface area contributed by atoms with Crippen molar-refractivity contribution in [1.29, 1.82) is 0 Å². The molecule has 26 heavy (non-hydrogen) atoms. The van der Waals surface area contributed by atoms with Crippen LogP contribution >= 0.6 is 0 Å². The Kier molecular flexibility index (Phi) is 4.13. The van der Waals surface area contributed by atoms with Crippen LogP contribution in [0.4, 0.5) is 0 Å². The zero-order valence-electron chi connectivity index (χ0n) is 15.2. The maximum atomic E-state index is 12.7. The van der Waals surface area contributed by atoms with Gasteiger partial charge in [0, 0.05) is 69.6 Å². The van der Waals surface area contributed by atoms with Crippen molar-refractivity contribution < 1.29 is 4.79 Å². The Balaban J connectivity index is 1.18. The first-order valence-corrected chi connectivity index (χ1v) is 9.82. The molecule has 2 aromatic rings. The Morgan fingerprint density at radius 1 is 1.15 bits per heavy atom. The van der Waals surface area contributed by atoms with Crippen molar-refractivity contribution in [2.45, 2.75) is 38.3 Å². The smallest absolute Gasteiger partial charge is 0.236 e. The Morgan fingerprint density at radius 2 is 2.00 bits per heavy atom. The fraction of sp³-hybridized carbons (Fsp3) is 0.632. The van der Waals surface area contributed by atoms with Crippen LogP contribution in [0.15, 0.2) is 18.5 Å². The number of rotatable bonds is 3. The molecule has 7 heteroatoms. The summed E-state index contributed by atoms with van der Waals surface area (Å²) in [7, 11) is 0. The lowest BCUT2D eigenvalue weighted by Gasteiger charge is -2.43. The van der Waals surface area contributed by atoms with Gasteiger partial charge in [-0.25, -0.2) is 9.50 Å². The van der Waals surface area contributed by atoms with Crippen molar-refractivity contribution in [1.82, 2.24) is 29.3 Å². The Hall–Kier alpha value is -1.99. The van der Waals surface area contributed by atoms with Gasteiger partial charge in [-0.3, -0.25) is 14.6 Å². The minimum absolute atomic E-state index is 0.273. The second kappa shape index (κ2) is 6.63. The highest BCUT2D eigenvalue weighted by Gasteiger charge is 2.30. The minimum Gasteiger partial charge on any atom is -0.339 e. The quantitative estimate of drug-likeness (QED) is 0.816. The highest BCUT2D eigenvalue weighted by molar-refractivity contribution is 5.78. The molecule has 0 bridgehead atoms. The van der Waals surface area contributed by atoms with E-state index < -0.39 is 0 Å². The molecule has 7 nitrogen and oxygen atoms in total. The molecule has 138 valence electrons. The van der Waals surface area contributed by atoms with Gasteiger partial charge in [-0.1, -0.05) is 6.42 Å². The van der Waals surface area contributed by atoms with E-state index in [0.717, 1.165) is 63.1 Å². The zero-order valence-corrected chi connectivity index (χ0v) is 15.2. The fourth-order valence-corrected chi connectivity index (χ4v) is 4.37. The minimum atomic E-state index is 0.273. The summed E-state index contributed by atoms with van der Waals surface area (Å²) in [5.41, 5.74) is 3.24. The van der Waals surface area contributed by atoms with E-state index in [4.69, 9.17) is 4.98 Å². The summed E-state index contributed by atoms with van der Waals surface area (Å²) in [5.74, 6) is 0.273. The molecule has 5 rings (SSSR count). The maximum Gasteiger partial charge on any atom is 0.236 e. The second-order valence-corrected chi connectivity index (χ2v) is 7.81. The molecule has 1 saturated carbocycles. The normalized spacial score (nSPS) is 22.4. The third kappa shape index (κ3) is 2.99. The molecule has 2 aliphatic heterocycles. The van der Waals surface area contributed by atoms with E-state index in [1.165, 1.54) is 24.8 Å². The van der Waals surface area contributed by atoms with Crippen molar-refractivity contribution in [3.05, 3.63) is 29.7 Å². The first-order chi connectivity index (χ1) is 12.8. The second-order valence-electron chi connectivity index (χ2n) is 7.81. The topological polar surface area (TPSA) is 57.0 Å². The summed E-state index contributed by atoms with van der Waals surface area (Å²) in [4.78, 5) is 24.3. The van der Waals surface area contributed by atoms with Crippen LogP contribution < -0.4 is 0 Å². The van der Waals surface area contributed by atoms with Crippen molar-refractivity contribution >= 4 is 11.6 Å². The molecule has 1 amide bonds. The average Bonchev–Trinajstić information content (AvgIpc) is 3.06. The van der Waals surface area contributed by atoms with E-state index in [2.05, 4.69) is 26.0 Å². The number of amides is 1. The maximum absolute atomic E-state index is 12.7. The Bertz CT molecular complexity index is 805. The zero-order chi connectivity index (χ0) is 17.5. The molecule has 0 atom stereocenters. The van der Waals surface area contributed by atoms with Gasteiger partial charge < -0.3 is 4.90 Å². The molecule has 0 radical (unpaired) electrons. The summed E-state index contributed by atoms with van der Waals surface area (Å²) >= 11 is 0. The lowest BCUT2D eigenvalue weighted by molar-refractivity contribution is -0.135. The fourth-order valence-electron chi connectivity index (χ4n) is 4.37. The average molecular weight is 354 g/mol. The van der Waals surface area contributed by atoms with Gasteiger partial charge in [0.2, 0.25) is 5.91 Å². The summed E-state index contributed by atoms with van der Waals surface area (Å²) in [6, 6.07) is 2.72. The van der Waals surface area contributed by atoms with Gasteiger partial charge in [0.15, 0.2) is 5.65 Å². The van der Waals surface area contributed by atoms with Crippen LogP contribution in [0.25, 0.3) is 5.65 Å². The van der Waals surface area contributed by atoms with E-state index in [0.29, 0.717) is 6.54 Å². The van der Waals surface area contributed by atoms with E-state index in [-0.39, 0.29) is 5.91 Å². The van der Waals surface area contributed by atoms with Gasteiger partial charge in [0.05, 0.1) is 18.4 Å². The standard InChI is InChI=1S/C19H26N6O/c26-19(24-10-8-23(9-11-24)16-2-1-3-16)14-22-7-5-17-15(12-22)13-25-18(21-17)4-6-20-25/h4,6,13,16H,1-3,5,7-12,14H2. The Morgan fingerprint density at radius 3 is 2.77 bits per heavy atom. The van der Waals surface area contributed by atoms with Crippen LogP contribution in [0.3, 0.4) is 0 Å². The van der Waals surface area contributed by atoms with Crippen molar-refractivity contribution in [3.63, 3.8) is 0 Å². The van der Waals surface area contributed by atoms with Gasteiger partial charge in [-0.2, -0.15) is 5.10 Å². The highest BCUT2D eigenvalue weighted by Crippen LogP contribution is 2.25. The summed E-state index contributed by atoms with van der Waals surface area (Å²) in [5, 5.41) is 4.28. The number of fused-ring (bicyclic) bond motifs is 2. The molecule has 0 N–H and O–H groups in total. The molecular weight excluding hydrogens is 328 g/mol. The first kappa shape index (κ1) is 16.2. The molecular formula is C19H26N6O. The van der Waals surface area contributed by atoms with Gasteiger partial charge in [-0.05, 0) is 12.8 Å². The predicted octanol–water partition coefficient (Wildman–Crippen LogP) is 0.784. The van der Waals surface area contributed by atoms with Crippen LogP contribution in [-0.2, 0) is 17.8 Å². The van der Waals surface area contributed by atoms with Gasteiger partial charge in [0.25, 0.3) is 0 Å². The monoisotopic (exact) mass is 354 g/mol. The van der Waals surface area contributed by atoms with Crippen molar-refractivity contribution in [2.24, 2.45) is 0 Å². The van der Waals surface area contributed by atoms with Crippen LogP contribution in [-0.4, -0.2) is 80.5 Å². The van der Waals surface area contributed by atoms with Gasteiger partial charge in [0.1, 0.15) is 0 Å². The predicted molar refractivity (Wildman–Crippen MR) is 97.8 cm³/mol. The first-order valence-electron chi connectivity index (χ1n) is 9.82. The third-order valence-corrected chi connectivity index (χ3v) is 6.22. The van der Waals surface area contributed by atoms with Crippen LogP contribution in [0.5, 0.6) is 0 Å². The third-order valence-electron chi connectivity index (χ3n) is 6.22.